The molecule has 0 radical (unpaired) electrons. The molecular weight excluding hydrogens is 338 g/mol. The molecule has 0 unspecified atom stereocenters. The maximum Gasteiger partial charge on any atom is 0.224 e. The minimum Gasteiger partial charge on any atom is -0.397 e. The topological polar surface area (TPSA) is 67.2 Å². The second-order valence-corrected chi connectivity index (χ2v) is 6.55. The largest absolute Gasteiger partial charge is 0.397 e. The summed E-state index contributed by atoms with van der Waals surface area (Å²) in [6.45, 7) is 0.704. The third-order valence-electron chi connectivity index (χ3n) is 3.30. The summed E-state index contributed by atoms with van der Waals surface area (Å²) in [5.41, 5.74) is 9.61. The van der Waals surface area contributed by atoms with Crippen LogP contribution in [-0.4, -0.2) is 5.91 Å². The first kappa shape index (κ1) is 13.5. The number of amides is 1. The van der Waals surface area contributed by atoms with E-state index < -0.39 is 0 Å². The zero-order valence-electron chi connectivity index (χ0n) is 10.7. The Hall–Kier alpha value is -1.53. The van der Waals surface area contributed by atoms with Gasteiger partial charge in [0.15, 0.2) is 0 Å². The molecule has 1 aliphatic rings. The quantitative estimate of drug-likeness (QED) is 0.740. The van der Waals surface area contributed by atoms with Gasteiger partial charge in [-0.2, -0.15) is 0 Å². The van der Waals surface area contributed by atoms with Crippen LogP contribution in [-0.2, 0) is 17.8 Å². The van der Waals surface area contributed by atoms with E-state index in [1.54, 1.807) is 11.3 Å². The number of nitrogens with two attached hydrogens (primary N) is 1. The zero-order chi connectivity index (χ0) is 14.1. The van der Waals surface area contributed by atoms with Gasteiger partial charge in [0.05, 0.1) is 17.9 Å². The van der Waals surface area contributed by atoms with E-state index in [0.717, 1.165) is 27.8 Å². The molecular formula is C14H14BrN3OS. The van der Waals surface area contributed by atoms with Crippen molar-refractivity contribution >= 4 is 50.2 Å². The Kier molecular flexibility index (Phi) is 3.67. The van der Waals surface area contributed by atoms with Crippen LogP contribution in [0.1, 0.15) is 16.9 Å². The number of nitrogens with one attached hydrogen (secondary N) is 2. The van der Waals surface area contributed by atoms with Crippen LogP contribution in [0, 0.1) is 0 Å². The standard InChI is InChI=1S/C14H14BrN3OS/c15-9-3-4-20-13(9)7-17-12-6-11-8(5-10(12)16)1-2-14(19)18-11/h3-6,17H,1-2,7,16H2,(H,18,19). The predicted octanol–water partition coefficient (Wildman–Crippen LogP) is 3.59. The molecule has 0 atom stereocenters. The third kappa shape index (κ3) is 2.66. The number of benzene rings is 1. The van der Waals surface area contributed by atoms with E-state index in [0.29, 0.717) is 18.7 Å². The fourth-order valence-electron chi connectivity index (χ4n) is 2.23. The molecule has 0 saturated carbocycles. The average Bonchev–Trinajstić information content (AvgIpc) is 2.82. The van der Waals surface area contributed by atoms with Crippen molar-refractivity contribution in [3.05, 3.63) is 38.5 Å². The van der Waals surface area contributed by atoms with Crippen LogP contribution in [0.2, 0.25) is 0 Å². The molecule has 20 heavy (non-hydrogen) atoms. The average molecular weight is 352 g/mol. The first-order valence-electron chi connectivity index (χ1n) is 6.31. The summed E-state index contributed by atoms with van der Waals surface area (Å²) in [7, 11) is 0. The predicted molar refractivity (Wildman–Crippen MR) is 87.2 cm³/mol. The van der Waals surface area contributed by atoms with Crippen molar-refractivity contribution in [2.24, 2.45) is 0 Å². The molecule has 4 N–H and O–H groups in total. The molecule has 1 aromatic carbocycles. The fraction of sp³-hybridized carbons (Fsp3) is 0.214. The van der Waals surface area contributed by atoms with E-state index in [-0.39, 0.29) is 5.91 Å². The number of aryl methyl sites for hydroxylation is 1. The van der Waals surface area contributed by atoms with Crippen molar-refractivity contribution in [1.29, 1.82) is 0 Å². The molecule has 1 aliphatic heterocycles. The number of anilines is 3. The zero-order valence-corrected chi connectivity index (χ0v) is 13.1. The second kappa shape index (κ2) is 5.46. The molecule has 1 aromatic heterocycles. The van der Waals surface area contributed by atoms with Crippen molar-refractivity contribution in [3.8, 4) is 0 Å². The first-order chi connectivity index (χ1) is 9.63. The van der Waals surface area contributed by atoms with Gasteiger partial charge in [0.25, 0.3) is 0 Å². The highest BCUT2D eigenvalue weighted by atomic mass is 79.9. The van der Waals surface area contributed by atoms with E-state index in [1.165, 1.54) is 4.88 Å². The Labute approximate surface area is 129 Å². The molecule has 0 bridgehead atoms. The number of rotatable bonds is 3. The Morgan fingerprint density at radius 2 is 2.25 bits per heavy atom. The van der Waals surface area contributed by atoms with Crippen LogP contribution in [0.25, 0.3) is 0 Å². The van der Waals surface area contributed by atoms with Gasteiger partial charge < -0.3 is 16.4 Å². The van der Waals surface area contributed by atoms with E-state index in [2.05, 4.69) is 26.6 Å². The maximum absolute atomic E-state index is 11.4. The lowest BCUT2D eigenvalue weighted by atomic mass is 10.0. The number of carbonyl (C=O) groups is 1. The van der Waals surface area contributed by atoms with Crippen molar-refractivity contribution in [3.63, 3.8) is 0 Å². The number of fused-ring (bicyclic) bond motifs is 1. The van der Waals surface area contributed by atoms with Crippen LogP contribution in [0.3, 0.4) is 0 Å². The highest BCUT2D eigenvalue weighted by Crippen LogP contribution is 2.32. The number of carbonyl (C=O) groups excluding carboxylic acids is 1. The van der Waals surface area contributed by atoms with Crippen LogP contribution in [0.15, 0.2) is 28.1 Å². The van der Waals surface area contributed by atoms with Gasteiger partial charge in [-0.3, -0.25) is 4.79 Å². The highest BCUT2D eigenvalue weighted by molar-refractivity contribution is 9.10. The summed E-state index contributed by atoms with van der Waals surface area (Å²) in [6, 6.07) is 5.89. The van der Waals surface area contributed by atoms with E-state index in [4.69, 9.17) is 5.73 Å². The first-order valence-corrected chi connectivity index (χ1v) is 7.99. The van der Waals surface area contributed by atoms with E-state index in [9.17, 15) is 4.79 Å². The van der Waals surface area contributed by atoms with Gasteiger partial charge in [-0.25, -0.2) is 0 Å². The van der Waals surface area contributed by atoms with Crippen molar-refractivity contribution in [1.82, 2.24) is 0 Å². The smallest absolute Gasteiger partial charge is 0.224 e. The van der Waals surface area contributed by atoms with Crippen molar-refractivity contribution < 1.29 is 4.79 Å². The van der Waals surface area contributed by atoms with E-state index in [1.807, 2.05) is 23.6 Å². The van der Waals surface area contributed by atoms with Crippen LogP contribution >= 0.6 is 27.3 Å². The Morgan fingerprint density at radius 3 is 3.00 bits per heavy atom. The Balaban J connectivity index is 1.81. The van der Waals surface area contributed by atoms with Crippen LogP contribution in [0.4, 0.5) is 17.1 Å². The minimum absolute atomic E-state index is 0.0641. The molecule has 0 aliphatic carbocycles. The van der Waals surface area contributed by atoms with Gasteiger partial charge in [0, 0.05) is 21.5 Å². The van der Waals surface area contributed by atoms with Crippen LogP contribution in [0.5, 0.6) is 0 Å². The molecule has 0 spiro atoms. The summed E-state index contributed by atoms with van der Waals surface area (Å²) >= 11 is 5.19. The van der Waals surface area contributed by atoms with Crippen LogP contribution < -0.4 is 16.4 Å². The molecule has 6 heteroatoms. The summed E-state index contributed by atoms with van der Waals surface area (Å²) in [5.74, 6) is 0.0641. The number of nitrogen functional groups attached to an aromatic ring is 1. The molecule has 2 heterocycles. The monoisotopic (exact) mass is 351 g/mol. The summed E-state index contributed by atoms with van der Waals surface area (Å²) in [5, 5.41) is 8.26. The molecule has 0 saturated heterocycles. The Morgan fingerprint density at radius 1 is 1.40 bits per heavy atom. The maximum atomic E-state index is 11.4. The highest BCUT2D eigenvalue weighted by Gasteiger charge is 2.16. The van der Waals surface area contributed by atoms with Crippen molar-refractivity contribution in [2.75, 3.05) is 16.4 Å². The van der Waals surface area contributed by atoms with E-state index >= 15 is 0 Å². The lowest BCUT2D eigenvalue weighted by molar-refractivity contribution is -0.116. The fourth-order valence-corrected chi connectivity index (χ4v) is 3.66. The van der Waals surface area contributed by atoms with Crippen molar-refractivity contribution in [2.45, 2.75) is 19.4 Å². The number of thiophene rings is 1. The van der Waals surface area contributed by atoms with Gasteiger partial charge in [-0.1, -0.05) is 0 Å². The van der Waals surface area contributed by atoms with Gasteiger partial charge in [-0.05, 0) is 51.5 Å². The van der Waals surface area contributed by atoms with Gasteiger partial charge in [0.2, 0.25) is 5.91 Å². The number of hydrogen-bond donors (Lipinski definition) is 3. The van der Waals surface area contributed by atoms with Gasteiger partial charge in [0.1, 0.15) is 0 Å². The van der Waals surface area contributed by atoms with Gasteiger partial charge >= 0.3 is 0 Å². The molecule has 2 aromatic rings. The third-order valence-corrected chi connectivity index (χ3v) is 5.23. The number of halogens is 1. The van der Waals surface area contributed by atoms with Gasteiger partial charge in [-0.15, -0.1) is 11.3 Å². The molecule has 104 valence electrons. The second-order valence-electron chi connectivity index (χ2n) is 4.69. The molecule has 3 rings (SSSR count). The molecule has 0 fully saturated rings. The normalized spacial score (nSPS) is 13.8. The lowest BCUT2D eigenvalue weighted by Crippen LogP contribution is -2.19. The summed E-state index contributed by atoms with van der Waals surface area (Å²) < 4.78 is 1.10. The molecule has 4 nitrogen and oxygen atoms in total. The number of hydrogen-bond acceptors (Lipinski definition) is 4. The lowest BCUT2D eigenvalue weighted by Gasteiger charge is -2.19. The molecule has 1 amide bonds. The minimum atomic E-state index is 0.0641. The summed E-state index contributed by atoms with van der Waals surface area (Å²) in [4.78, 5) is 12.7. The summed E-state index contributed by atoms with van der Waals surface area (Å²) in [6.07, 6.45) is 1.28. The SMILES string of the molecule is Nc1cc2c(cc1NCc1sccc1Br)NC(=O)CC2. The Bertz CT molecular complexity index is 668.